The molecular weight excluding hydrogens is 216 g/mol. The lowest BCUT2D eigenvalue weighted by atomic mass is 10.1. The molecule has 0 amide bonds. The molecule has 0 radical (unpaired) electrons. The summed E-state index contributed by atoms with van der Waals surface area (Å²) >= 11 is 1.80. The summed E-state index contributed by atoms with van der Waals surface area (Å²) in [6.45, 7) is 0. The molecule has 0 N–H and O–H groups in total. The molecule has 1 heterocycles. The number of Topliss-reactive ketones (excluding diaryl/α,β-unsaturated/α-hetero) is 1. The lowest BCUT2D eigenvalue weighted by Gasteiger charge is -2.15. The van der Waals surface area contributed by atoms with Crippen molar-refractivity contribution in [2.45, 2.75) is 24.5 Å². The van der Waals surface area contributed by atoms with Gasteiger partial charge in [-0.25, -0.2) is 0 Å². The van der Waals surface area contributed by atoms with Gasteiger partial charge in [0.05, 0.1) is 5.25 Å². The van der Waals surface area contributed by atoms with Gasteiger partial charge in [0.25, 0.3) is 0 Å². The van der Waals surface area contributed by atoms with Crippen LogP contribution in [0.3, 0.4) is 0 Å². The minimum absolute atomic E-state index is 0.110. The smallest absolute Gasteiger partial charge is 0.176 e. The molecule has 1 aliphatic rings. The fourth-order valence-electron chi connectivity index (χ4n) is 1.80. The minimum Gasteiger partial charge on any atom is -0.293 e. The number of hydrogen-bond donors (Lipinski definition) is 0. The van der Waals surface area contributed by atoms with Gasteiger partial charge < -0.3 is 0 Å². The van der Waals surface area contributed by atoms with Gasteiger partial charge in [0.2, 0.25) is 0 Å². The number of rotatable bonds is 2. The van der Waals surface area contributed by atoms with Gasteiger partial charge in [-0.05, 0) is 25.0 Å². The third-order valence-corrected chi connectivity index (χ3v) is 4.04. The topological polar surface area (TPSA) is 17.1 Å². The number of benzene rings is 1. The molecule has 2 rings (SSSR count). The average molecular weight is 232 g/mol. The lowest BCUT2D eigenvalue weighted by Crippen LogP contribution is -2.18. The van der Waals surface area contributed by atoms with Crippen molar-refractivity contribution in [1.82, 2.24) is 0 Å². The number of thioether (sulfide) groups is 1. The van der Waals surface area contributed by atoms with Crippen LogP contribution in [0.1, 0.15) is 29.6 Å². The summed E-state index contributed by atoms with van der Waals surface area (Å²) in [5.74, 6) is 1.37. The molecule has 2 heteroatoms. The van der Waals surface area contributed by atoms with Gasteiger partial charge in [-0.1, -0.05) is 42.5 Å². The molecule has 1 aliphatic heterocycles. The van der Waals surface area contributed by atoms with E-state index in [1.54, 1.807) is 11.8 Å². The van der Waals surface area contributed by atoms with E-state index >= 15 is 0 Å². The van der Waals surface area contributed by atoms with Crippen LogP contribution in [0.2, 0.25) is 0 Å². The Bertz CT molecular complexity index is 370. The van der Waals surface area contributed by atoms with Crippen molar-refractivity contribution < 1.29 is 4.79 Å². The summed E-state index contributed by atoms with van der Waals surface area (Å²) in [6.07, 6.45) is 7.56. The molecule has 0 saturated carbocycles. The van der Waals surface area contributed by atoms with E-state index in [4.69, 9.17) is 0 Å². The maximum atomic E-state index is 12.2. The van der Waals surface area contributed by atoms with Crippen molar-refractivity contribution >= 4 is 17.5 Å². The first-order chi connectivity index (χ1) is 7.88. The van der Waals surface area contributed by atoms with E-state index in [9.17, 15) is 4.79 Å². The van der Waals surface area contributed by atoms with Crippen LogP contribution >= 0.6 is 11.8 Å². The zero-order valence-corrected chi connectivity index (χ0v) is 10.1. The largest absolute Gasteiger partial charge is 0.293 e. The molecule has 0 bridgehead atoms. The zero-order valence-electron chi connectivity index (χ0n) is 9.26. The van der Waals surface area contributed by atoms with E-state index in [0.29, 0.717) is 0 Å². The monoisotopic (exact) mass is 232 g/mol. The number of ketones is 1. The molecule has 0 aliphatic carbocycles. The highest BCUT2D eigenvalue weighted by molar-refractivity contribution is 8.00. The average Bonchev–Trinajstić information content (AvgIpc) is 2.29. The highest BCUT2D eigenvalue weighted by Gasteiger charge is 2.19. The Balaban J connectivity index is 2.08. The van der Waals surface area contributed by atoms with E-state index in [1.807, 2.05) is 30.3 Å². The molecule has 1 aromatic carbocycles. The molecule has 1 aromatic rings. The van der Waals surface area contributed by atoms with Crippen LogP contribution in [0, 0.1) is 0 Å². The summed E-state index contributed by atoms with van der Waals surface area (Å²) < 4.78 is 0. The van der Waals surface area contributed by atoms with E-state index in [2.05, 4.69) is 12.2 Å². The summed E-state index contributed by atoms with van der Waals surface area (Å²) in [5.41, 5.74) is 0.842. The standard InChI is InChI=1S/C14H16OS/c15-14(12-8-4-3-5-9-12)13-10-6-1-2-7-11-16-13/h1,3-6,8-9,13H,2,7,10-11H2/b6-1-. The second-order valence-corrected chi connectivity index (χ2v) is 5.25. The van der Waals surface area contributed by atoms with Crippen LogP contribution in [0.25, 0.3) is 0 Å². The van der Waals surface area contributed by atoms with Gasteiger partial charge in [0.1, 0.15) is 0 Å². The molecule has 0 fully saturated rings. The molecule has 0 saturated heterocycles. The van der Waals surface area contributed by atoms with Crippen LogP contribution < -0.4 is 0 Å². The van der Waals surface area contributed by atoms with Crippen molar-refractivity contribution in [2.75, 3.05) is 5.75 Å². The molecule has 1 unspecified atom stereocenters. The predicted molar refractivity (Wildman–Crippen MR) is 70.0 cm³/mol. The minimum atomic E-state index is 0.110. The summed E-state index contributed by atoms with van der Waals surface area (Å²) in [5, 5.41) is 0.110. The third kappa shape index (κ3) is 2.99. The quantitative estimate of drug-likeness (QED) is 0.571. The Kier molecular flexibility index (Phi) is 4.23. The van der Waals surface area contributed by atoms with Crippen molar-refractivity contribution in [3.63, 3.8) is 0 Å². The van der Waals surface area contributed by atoms with Crippen molar-refractivity contribution in [3.05, 3.63) is 48.0 Å². The number of carbonyl (C=O) groups excluding carboxylic acids is 1. The van der Waals surface area contributed by atoms with Crippen LogP contribution in [0.15, 0.2) is 42.5 Å². The molecular formula is C14H16OS. The van der Waals surface area contributed by atoms with Gasteiger partial charge in [-0.15, -0.1) is 11.8 Å². The van der Waals surface area contributed by atoms with E-state index in [0.717, 1.165) is 24.2 Å². The van der Waals surface area contributed by atoms with Crippen molar-refractivity contribution in [3.8, 4) is 0 Å². The van der Waals surface area contributed by atoms with E-state index in [1.165, 1.54) is 6.42 Å². The summed E-state index contributed by atoms with van der Waals surface area (Å²) in [6, 6.07) is 9.62. The SMILES string of the molecule is O=C(c1ccccc1)C1C/C=C\CCCS1. The van der Waals surface area contributed by atoms with Gasteiger partial charge in [-0.2, -0.15) is 0 Å². The predicted octanol–water partition coefficient (Wildman–Crippen LogP) is 3.71. The van der Waals surface area contributed by atoms with Gasteiger partial charge >= 0.3 is 0 Å². The number of allylic oxidation sites excluding steroid dienone is 2. The van der Waals surface area contributed by atoms with Gasteiger partial charge in [0.15, 0.2) is 5.78 Å². The first-order valence-electron chi connectivity index (χ1n) is 5.74. The van der Waals surface area contributed by atoms with Crippen molar-refractivity contribution in [1.29, 1.82) is 0 Å². The normalized spacial score (nSPS) is 23.1. The van der Waals surface area contributed by atoms with Crippen LogP contribution in [-0.2, 0) is 0 Å². The first-order valence-corrected chi connectivity index (χ1v) is 6.78. The second-order valence-electron chi connectivity index (χ2n) is 3.94. The summed E-state index contributed by atoms with van der Waals surface area (Å²) in [4.78, 5) is 12.2. The first kappa shape index (κ1) is 11.5. The second kappa shape index (κ2) is 5.90. The van der Waals surface area contributed by atoms with Gasteiger partial charge in [0, 0.05) is 5.56 Å². The summed E-state index contributed by atoms with van der Waals surface area (Å²) in [7, 11) is 0. The maximum Gasteiger partial charge on any atom is 0.176 e. The van der Waals surface area contributed by atoms with Crippen LogP contribution in [0.4, 0.5) is 0 Å². The number of carbonyl (C=O) groups is 1. The van der Waals surface area contributed by atoms with Gasteiger partial charge in [-0.3, -0.25) is 4.79 Å². The molecule has 0 aromatic heterocycles. The maximum absolute atomic E-state index is 12.2. The highest BCUT2D eigenvalue weighted by Crippen LogP contribution is 2.23. The molecule has 16 heavy (non-hydrogen) atoms. The molecule has 0 spiro atoms. The third-order valence-electron chi connectivity index (χ3n) is 2.70. The van der Waals surface area contributed by atoms with Crippen LogP contribution in [0.5, 0.6) is 0 Å². The van der Waals surface area contributed by atoms with E-state index in [-0.39, 0.29) is 11.0 Å². The Morgan fingerprint density at radius 3 is 2.81 bits per heavy atom. The molecule has 1 atom stereocenters. The fraction of sp³-hybridized carbons (Fsp3) is 0.357. The Hall–Kier alpha value is -1.02. The van der Waals surface area contributed by atoms with Crippen molar-refractivity contribution in [2.24, 2.45) is 0 Å². The fourth-order valence-corrected chi connectivity index (χ4v) is 2.96. The molecule has 84 valence electrons. The Morgan fingerprint density at radius 2 is 2.00 bits per heavy atom. The Labute approximate surface area is 101 Å². The zero-order chi connectivity index (χ0) is 11.2. The highest BCUT2D eigenvalue weighted by atomic mass is 32.2. The lowest BCUT2D eigenvalue weighted by molar-refractivity contribution is 0.0990. The van der Waals surface area contributed by atoms with E-state index < -0.39 is 0 Å². The number of hydrogen-bond acceptors (Lipinski definition) is 2. The molecule has 1 nitrogen and oxygen atoms in total. The van der Waals surface area contributed by atoms with Crippen LogP contribution in [-0.4, -0.2) is 16.8 Å². The Morgan fingerprint density at radius 1 is 1.19 bits per heavy atom.